The molecule has 0 fully saturated rings. The highest BCUT2D eigenvalue weighted by atomic mass is 16.2. The Hall–Kier alpha value is -1.03. The minimum absolute atomic E-state index is 0.272. The highest BCUT2D eigenvalue weighted by molar-refractivity contribution is 5.45. The molecular weight excluding hydrogens is 166 g/mol. The maximum atomic E-state index is 8.58. The molecule has 1 aromatic rings. The van der Waals surface area contributed by atoms with Gasteiger partial charge in [-0.25, -0.2) is 0 Å². The second-order valence-electron chi connectivity index (χ2n) is 3.16. The molecule has 1 rings (SSSR count). The molecule has 0 aliphatic carbocycles. The zero-order valence-electron chi connectivity index (χ0n) is 8.25. The van der Waals surface area contributed by atoms with Gasteiger partial charge in [-0.3, -0.25) is 4.68 Å². The predicted octanol–water partition coefficient (Wildman–Crippen LogP) is 0.913. The first-order valence-electron chi connectivity index (χ1n) is 4.59. The zero-order chi connectivity index (χ0) is 9.68. The lowest BCUT2D eigenvalue weighted by Gasteiger charge is -2.02. The number of unbranched alkanes of at least 4 members (excludes halogenated alkanes) is 1. The van der Waals surface area contributed by atoms with Crippen LogP contribution in [0.3, 0.4) is 0 Å². The van der Waals surface area contributed by atoms with Gasteiger partial charge in [-0.2, -0.15) is 5.10 Å². The van der Waals surface area contributed by atoms with Crippen molar-refractivity contribution in [2.45, 2.75) is 19.8 Å². The molecule has 1 heterocycles. The topological polar surface area (TPSA) is 50.1 Å². The molecule has 0 aliphatic heterocycles. The number of rotatable bonds is 5. The second-order valence-corrected chi connectivity index (χ2v) is 3.16. The van der Waals surface area contributed by atoms with Crippen LogP contribution >= 0.6 is 0 Å². The number of aliphatic hydroxyl groups is 1. The first-order valence-corrected chi connectivity index (χ1v) is 4.59. The molecule has 0 aliphatic rings. The molecule has 0 atom stereocenters. The Balaban J connectivity index is 2.32. The molecule has 0 spiro atoms. The Morgan fingerprint density at radius 3 is 2.85 bits per heavy atom. The average molecular weight is 183 g/mol. The van der Waals surface area contributed by atoms with Gasteiger partial charge in [0.05, 0.1) is 11.4 Å². The van der Waals surface area contributed by atoms with Crippen molar-refractivity contribution in [3.05, 3.63) is 11.9 Å². The van der Waals surface area contributed by atoms with E-state index in [9.17, 15) is 0 Å². The number of aromatic nitrogens is 2. The summed E-state index contributed by atoms with van der Waals surface area (Å²) >= 11 is 0. The van der Waals surface area contributed by atoms with Crippen molar-refractivity contribution in [3.8, 4) is 0 Å². The van der Waals surface area contributed by atoms with Gasteiger partial charge < -0.3 is 10.4 Å². The summed E-state index contributed by atoms with van der Waals surface area (Å²) in [5, 5.41) is 16.1. The summed E-state index contributed by atoms with van der Waals surface area (Å²) in [6.07, 6.45) is 3.81. The lowest BCUT2D eigenvalue weighted by molar-refractivity contribution is 0.286. The summed E-state index contributed by atoms with van der Waals surface area (Å²) in [5.74, 6) is 0. The molecule has 0 saturated heterocycles. The number of nitrogens with one attached hydrogen (secondary N) is 1. The van der Waals surface area contributed by atoms with Crippen molar-refractivity contribution in [2.75, 3.05) is 18.5 Å². The quantitative estimate of drug-likeness (QED) is 0.667. The van der Waals surface area contributed by atoms with E-state index in [0.717, 1.165) is 30.8 Å². The van der Waals surface area contributed by atoms with Gasteiger partial charge in [-0.05, 0) is 19.8 Å². The van der Waals surface area contributed by atoms with Gasteiger partial charge in [0.1, 0.15) is 0 Å². The molecule has 0 unspecified atom stereocenters. The van der Waals surface area contributed by atoms with Crippen LogP contribution in [0, 0.1) is 6.92 Å². The molecule has 0 saturated carbocycles. The smallest absolute Gasteiger partial charge is 0.0824 e. The number of hydrogen-bond donors (Lipinski definition) is 2. The molecule has 0 bridgehead atoms. The summed E-state index contributed by atoms with van der Waals surface area (Å²) in [4.78, 5) is 0. The molecule has 13 heavy (non-hydrogen) atoms. The van der Waals surface area contributed by atoms with E-state index < -0.39 is 0 Å². The van der Waals surface area contributed by atoms with Gasteiger partial charge in [0.2, 0.25) is 0 Å². The fourth-order valence-corrected chi connectivity index (χ4v) is 1.23. The fourth-order valence-electron chi connectivity index (χ4n) is 1.23. The third kappa shape index (κ3) is 3.06. The summed E-state index contributed by atoms with van der Waals surface area (Å²) in [6, 6.07) is 0. The van der Waals surface area contributed by atoms with Gasteiger partial charge in [0.25, 0.3) is 0 Å². The third-order valence-electron chi connectivity index (χ3n) is 1.91. The van der Waals surface area contributed by atoms with Gasteiger partial charge in [0.15, 0.2) is 0 Å². The number of aryl methyl sites for hydroxylation is 2. The second kappa shape index (κ2) is 4.87. The van der Waals surface area contributed by atoms with Crippen molar-refractivity contribution < 1.29 is 5.11 Å². The number of aliphatic hydroxyl groups excluding tert-OH is 1. The van der Waals surface area contributed by atoms with E-state index in [2.05, 4.69) is 10.4 Å². The maximum absolute atomic E-state index is 8.58. The molecule has 1 aromatic heterocycles. The molecule has 4 heteroatoms. The minimum Gasteiger partial charge on any atom is -0.396 e. The predicted molar refractivity (Wildman–Crippen MR) is 52.8 cm³/mol. The van der Waals surface area contributed by atoms with Crippen molar-refractivity contribution in [3.63, 3.8) is 0 Å². The Bertz CT molecular complexity index is 257. The Labute approximate surface area is 78.6 Å². The molecule has 2 N–H and O–H groups in total. The lowest BCUT2D eigenvalue weighted by Crippen LogP contribution is -2.02. The van der Waals surface area contributed by atoms with E-state index in [1.165, 1.54) is 0 Å². The van der Waals surface area contributed by atoms with Crippen LogP contribution in [0.4, 0.5) is 5.69 Å². The number of hydrogen-bond acceptors (Lipinski definition) is 3. The molecule has 0 radical (unpaired) electrons. The van der Waals surface area contributed by atoms with E-state index in [-0.39, 0.29) is 6.61 Å². The van der Waals surface area contributed by atoms with E-state index in [1.54, 1.807) is 4.68 Å². The molecule has 0 amide bonds. The minimum atomic E-state index is 0.272. The lowest BCUT2D eigenvalue weighted by atomic mass is 10.3. The van der Waals surface area contributed by atoms with Crippen LogP contribution in [0.1, 0.15) is 18.5 Å². The summed E-state index contributed by atoms with van der Waals surface area (Å²) in [5.41, 5.74) is 2.10. The Morgan fingerprint density at radius 1 is 1.54 bits per heavy atom. The van der Waals surface area contributed by atoms with Crippen LogP contribution in [-0.4, -0.2) is 28.0 Å². The van der Waals surface area contributed by atoms with Gasteiger partial charge in [0, 0.05) is 26.4 Å². The van der Waals surface area contributed by atoms with Crippen LogP contribution in [0.15, 0.2) is 6.20 Å². The molecule has 0 aromatic carbocycles. The van der Waals surface area contributed by atoms with Gasteiger partial charge in [-0.1, -0.05) is 0 Å². The van der Waals surface area contributed by atoms with E-state index in [0.29, 0.717) is 0 Å². The van der Waals surface area contributed by atoms with E-state index in [1.807, 2.05) is 20.2 Å². The van der Waals surface area contributed by atoms with Crippen LogP contribution in [-0.2, 0) is 7.05 Å². The van der Waals surface area contributed by atoms with Crippen LogP contribution in [0.2, 0.25) is 0 Å². The summed E-state index contributed by atoms with van der Waals surface area (Å²) in [6.45, 7) is 3.15. The van der Waals surface area contributed by atoms with Crippen LogP contribution in [0.25, 0.3) is 0 Å². The first-order chi connectivity index (χ1) is 6.24. The van der Waals surface area contributed by atoms with Gasteiger partial charge in [-0.15, -0.1) is 0 Å². The van der Waals surface area contributed by atoms with Gasteiger partial charge >= 0.3 is 0 Å². The van der Waals surface area contributed by atoms with Crippen molar-refractivity contribution in [1.82, 2.24) is 9.78 Å². The number of anilines is 1. The van der Waals surface area contributed by atoms with E-state index in [4.69, 9.17) is 5.11 Å². The normalized spacial score (nSPS) is 10.4. The highest BCUT2D eigenvalue weighted by Crippen LogP contribution is 2.10. The third-order valence-corrected chi connectivity index (χ3v) is 1.91. The SMILES string of the molecule is Cc1nn(C)cc1NCCCCO. The zero-order valence-corrected chi connectivity index (χ0v) is 8.25. The summed E-state index contributed by atoms with van der Waals surface area (Å²) < 4.78 is 1.80. The Kier molecular flexibility index (Phi) is 3.76. The van der Waals surface area contributed by atoms with Crippen molar-refractivity contribution in [1.29, 1.82) is 0 Å². The van der Waals surface area contributed by atoms with Crippen LogP contribution in [0.5, 0.6) is 0 Å². The largest absolute Gasteiger partial charge is 0.396 e. The molecule has 74 valence electrons. The fraction of sp³-hybridized carbons (Fsp3) is 0.667. The average Bonchev–Trinajstić information content (AvgIpc) is 2.39. The summed E-state index contributed by atoms with van der Waals surface area (Å²) in [7, 11) is 1.91. The molecule has 4 nitrogen and oxygen atoms in total. The van der Waals surface area contributed by atoms with Crippen molar-refractivity contribution in [2.24, 2.45) is 7.05 Å². The van der Waals surface area contributed by atoms with Crippen molar-refractivity contribution >= 4 is 5.69 Å². The Morgan fingerprint density at radius 2 is 2.31 bits per heavy atom. The van der Waals surface area contributed by atoms with Crippen LogP contribution < -0.4 is 5.32 Å². The monoisotopic (exact) mass is 183 g/mol. The highest BCUT2D eigenvalue weighted by Gasteiger charge is 2.00. The first kappa shape index (κ1) is 10.1. The molecular formula is C9H17N3O. The van der Waals surface area contributed by atoms with E-state index >= 15 is 0 Å². The maximum Gasteiger partial charge on any atom is 0.0824 e. The standard InChI is InChI=1S/C9H17N3O/c1-8-9(7-12(2)11-8)10-5-3-4-6-13/h7,10,13H,3-6H2,1-2H3. The number of nitrogens with zero attached hydrogens (tertiary/aromatic N) is 2.